The molecule has 0 aliphatic rings. The Labute approximate surface area is 57.5 Å². The molecular formula is C8H17F. The van der Waals surface area contributed by atoms with E-state index in [0.717, 1.165) is 19.3 Å². The molecule has 0 nitrogen and oxygen atoms in total. The standard InChI is InChI=1S/C8H17F/c1-4-8(2,3)6-5-7-9/h4-7H2,1-3H3. The van der Waals surface area contributed by atoms with Crippen molar-refractivity contribution in [3.05, 3.63) is 0 Å². The van der Waals surface area contributed by atoms with E-state index in [1.807, 2.05) is 0 Å². The Morgan fingerprint density at radius 1 is 1.33 bits per heavy atom. The zero-order valence-corrected chi connectivity index (χ0v) is 6.71. The third-order valence-corrected chi connectivity index (χ3v) is 1.94. The van der Waals surface area contributed by atoms with Gasteiger partial charge >= 0.3 is 0 Å². The van der Waals surface area contributed by atoms with Gasteiger partial charge in [0.1, 0.15) is 0 Å². The van der Waals surface area contributed by atoms with Gasteiger partial charge in [-0.2, -0.15) is 0 Å². The molecule has 0 aliphatic carbocycles. The van der Waals surface area contributed by atoms with E-state index in [2.05, 4.69) is 20.8 Å². The third kappa shape index (κ3) is 4.43. The molecule has 0 bridgehead atoms. The first kappa shape index (κ1) is 8.93. The molecule has 0 fully saturated rings. The monoisotopic (exact) mass is 132 g/mol. The van der Waals surface area contributed by atoms with Crippen molar-refractivity contribution in [1.82, 2.24) is 0 Å². The Kier molecular flexibility index (Phi) is 3.83. The second-order valence-electron chi connectivity index (χ2n) is 3.31. The van der Waals surface area contributed by atoms with Gasteiger partial charge in [0.25, 0.3) is 0 Å². The highest BCUT2D eigenvalue weighted by Gasteiger charge is 2.13. The number of hydrogen-bond acceptors (Lipinski definition) is 0. The first-order valence-corrected chi connectivity index (χ1v) is 3.68. The number of hydrogen-bond donors (Lipinski definition) is 0. The van der Waals surface area contributed by atoms with E-state index in [1.165, 1.54) is 0 Å². The molecule has 0 spiro atoms. The van der Waals surface area contributed by atoms with Crippen LogP contribution in [0.5, 0.6) is 0 Å². The van der Waals surface area contributed by atoms with Gasteiger partial charge < -0.3 is 0 Å². The largest absolute Gasteiger partial charge is 0.251 e. The summed E-state index contributed by atoms with van der Waals surface area (Å²) in [7, 11) is 0. The molecule has 0 saturated carbocycles. The second kappa shape index (κ2) is 3.86. The van der Waals surface area contributed by atoms with E-state index in [9.17, 15) is 4.39 Å². The molecule has 9 heavy (non-hydrogen) atoms. The van der Waals surface area contributed by atoms with Crippen molar-refractivity contribution in [2.75, 3.05) is 6.67 Å². The molecule has 0 radical (unpaired) electrons. The summed E-state index contributed by atoms with van der Waals surface area (Å²) in [5.41, 5.74) is 0.353. The maximum absolute atomic E-state index is 11.7. The van der Waals surface area contributed by atoms with Crippen LogP contribution in [0.4, 0.5) is 4.39 Å². The predicted octanol–water partition coefficient (Wildman–Crippen LogP) is 3.17. The molecular weight excluding hydrogens is 115 g/mol. The van der Waals surface area contributed by atoms with Crippen LogP contribution in [0.25, 0.3) is 0 Å². The number of alkyl halides is 1. The van der Waals surface area contributed by atoms with Gasteiger partial charge in [0.05, 0.1) is 6.67 Å². The molecule has 0 unspecified atom stereocenters. The van der Waals surface area contributed by atoms with Crippen LogP contribution < -0.4 is 0 Å². The summed E-state index contributed by atoms with van der Waals surface area (Å²) in [6.45, 7) is 6.35. The minimum Gasteiger partial charge on any atom is -0.251 e. The first-order chi connectivity index (χ1) is 4.12. The Morgan fingerprint density at radius 2 is 1.89 bits per heavy atom. The topological polar surface area (TPSA) is 0 Å². The Morgan fingerprint density at radius 3 is 2.22 bits per heavy atom. The van der Waals surface area contributed by atoms with E-state index >= 15 is 0 Å². The van der Waals surface area contributed by atoms with Crippen molar-refractivity contribution in [2.24, 2.45) is 5.41 Å². The number of halogens is 1. The van der Waals surface area contributed by atoms with Gasteiger partial charge in [-0.3, -0.25) is 4.39 Å². The van der Waals surface area contributed by atoms with Gasteiger partial charge in [0, 0.05) is 0 Å². The molecule has 0 heterocycles. The summed E-state index contributed by atoms with van der Waals surface area (Å²) >= 11 is 0. The van der Waals surface area contributed by atoms with Crippen LogP contribution >= 0.6 is 0 Å². The molecule has 0 aromatic rings. The quantitative estimate of drug-likeness (QED) is 0.551. The first-order valence-electron chi connectivity index (χ1n) is 3.68. The fourth-order valence-electron chi connectivity index (χ4n) is 0.722. The van der Waals surface area contributed by atoms with Gasteiger partial charge in [0.2, 0.25) is 0 Å². The van der Waals surface area contributed by atoms with Crippen LogP contribution in [0.3, 0.4) is 0 Å². The van der Waals surface area contributed by atoms with Gasteiger partial charge in [-0.25, -0.2) is 0 Å². The van der Waals surface area contributed by atoms with Gasteiger partial charge in [0.15, 0.2) is 0 Å². The minimum atomic E-state index is -0.163. The molecule has 0 saturated heterocycles. The highest BCUT2D eigenvalue weighted by atomic mass is 19.1. The van der Waals surface area contributed by atoms with Crippen molar-refractivity contribution in [3.63, 3.8) is 0 Å². The maximum atomic E-state index is 11.7. The van der Waals surface area contributed by atoms with Crippen LogP contribution in [0.15, 0.2) is 0 Å². The molecule has 0 aromatic carbocycles. The molecule has 0 aliphatic heterocycles. The molecule has 1 heteroatoms. The van der Waals surface area contributed by atoms with Crippen molar-refractivity contribution in [1.29, 1.82) is 0 Å². The van der Waals surface area contributed by atoms with Crippen LogP contribution in [-0.2, 0) is 0 Å². The lowest BCUT2D eigenvalue weighted by Gasteiger charge is -2.21. The maximum Gasteiger partial charge on any atom is 0.0894 e. The van der Waals surface area contributed by atoms with E-state index in [4.69, 9.17) is 0 Å². The lowest BCUT2D eigenvalue weighted by atomic mass is 9.85. The smallest absolute Gasteiger partial charge is 0.0894 e. The minimum absolute atomic E-state index is 0.163. The summed E-state index contributed by atoms with van der Waals surface area (Å²) < 4.78 is 11.7. The van der Waals surface area contributed by atoms with Gasteiger partial charge in [-0.1, -0.05) is 27.2 Å². The van der Waals surface area contributed by atoms with Gasteiger partial charge in [-0.15, -0.1) is 0 Å². The average molecular weight is 132 g/mol. The van der Waals surface area contributed by atoms with E-state index in [1.54, 1.807) is 0 Å². The van der Waals surface area contributed by atoms with Crippen LogP contribution in [0.1, 0.15) is 40.0 Å². The van der Waals surface area contributed by atoms with Crippen molar-refractivity contribution >= 4 is 0 Å². The van der Waals surface area contributed by atoms with E-state index in [0.29, 0.717) is 5.41 Å². The van der Waals surface area contributed by atoms with Gasteiger partial charge in [-0.05, 0) is 18.3 Å². The summed E-state index contributed by atoms with van der Waals surface area (Å²) in [4.78, 5) is 0. The summed E-state index contributed by atoms with van der Waals surface area (Å²) in [5.74, 6) is 0. The van der Waals surface area contributed by atoms with Crippen molar-refractivity contribution in [3.8, 4) is 0 Å². The van der Waals surface area contributed by atoms with Crippen molar-refractivity contribution < 1.29 is 4.39 Å². The highest BCUT2D eigenvalue weighted by Crippen LogP contribution is 2.25. The van der Waals surface area contributed by atoms with E-state index < -0.39 is 0 Å². The SMILES string of the molecule is CCC(C)(C)CCCF. The van der Waals surface area contributed by atoms with E-state index in [-0.39, 0.29) is 6.67 Å². The zero-order chi connectivity index (χ0) is 7.33. The van der Waals surface area contributed by atoms with Crippen LogP contribution in [0.2, 0.25) is 0 Å². The van der Waals surface area contributed by atoms with Crippen molar-refractivity contribution in [2.45, 2.75) is 40.0 Å². The van der Waals surface area contributed by atoms with Crippen LogP contribution in [0, 0.1) is 5.41 Å². The molecule has 0 N–H and O–H groups in total. The molecule has 0 amide bonds. The lowest BCUT2D eigenvalue weighted by Crippen LogP contribution is -2.09. The fraction of sp³-hybridized carbons (Fsp3) is 1.00. The zero-order valence-electron chi connectivity index (χ0n) is 6.71. The Balaban J connectivity index is 3.33. The summed E-state index contributed by atoms with van der Waals surface area (Å²) in [6, 6.07) is 0. The summed E-state index contributed by atoms with van der Waals surface area (Å²) in [5, 5.41) is 0. The fourth-order valence-corrected chi connectivity index (χ4v) is 0.722. The Hall–Kier alpha value is -0.0700. The normalized spacial score (nSPS) is 12.0. The molecule has 56 valence electrons. The predicted molar refractivity (Wildman–Crippen MR) is 39.3 cm³/mol. The third-order valence-electron chi connectivity index (χ3n) is 1.94. The molecule has 0 atom stereocenters. The highest BCUT2D eigenvalue weighted by molar-refractivity contribution is 4.65. The van der Waals surface area contributed by atoms with Crippen LogP contribution in [-0.4, -0.2) is 6.67 Å². The Bertz CT molecular complexity index is 67.0. The number of rotatable bonds is 4. The molecule has 0 rings (SSSR count). The summed E-state index contributed by atoms with van der Waals surface area (Å²) in [6.07, 6.45) is 2.88. The molecule has 0 aromatic heterocycles. The average Bonchev–Trinajstić information content (AvgIpc) is 1.84. The lowest BCUT2D eigenvalue weighted by molar-refractivity contribution is 0.293. The second-order valence-corrected chi connectivity index (χ2v) is 3.31.